The van der Waals surface area contributed by atoms with Crippen molar-refractivity contribution < 1.29 is 5.11 Å². The minimum atomic E-state index is -0.729. The van der Waals surface area contributed by atoms with Gasteiger partial charge in [0.1, 0.15) is 6.10 Å². The zero-order valence-corrected chi connectivity index (χ0v) is 8.53. The van der Waals surface area contributed by atoms with Crippen molar-refractivity contribution in [3.05, 3.63) is 0 Å². The monoisotopic (exact) mass is 181 g/mol. The van der Waals surface area contributed by atoms with E-state index in [2.05, 4.69) is 13.8 Å². The van der Waals surface area contributed by atoms with Crippen LogP contribution < -0.4 is 0 Å². The molecule has 0 amide bonds. The van der Waals surface area contributed by atoms with Crippen molar-refractivity contribution in [3.63, 3.8) is 0 Å². The number of hydrogen-bond donors (Lipinski definition) is 1. The fourth-order valence-corrected chi connectivity index (χ4v) is 2.23. The molecule has 1 unspecified atom stereocenters. The Hall–Kier alpha value is -0.550. The lowest BCUT2D eigenvalue weighted by molar-refractivity contribution is 0.106. The summed E-state index contributed by atoms with van der Waals surface area (Å²) >= 11 is 0. The van der Waals surface area contributed by atoms with Crippen LogP contribution in [0.25, 0.3) is 0 Å². The van der Waals surface area contributed by atoms with Crippen LogP contribution >= 0.6 is 0 Å². The number of aliphatic hydroxyl groups is 1. The molecule has 74 valence electrons. The molecule has 1 aliphatic carbocycles. The first-order chi connectivity index (χ1) is 6.15. The van der Waals surface area contributed by atoms with Gasteiger partial charge in [0.15, 0.2) is 0 Å². The summed E-state index contributed by atoms with van der Waals surface area (Å²) in [5.74, 6) is 1.79. The maximum absolute atomic E-state index is 9.35. The van der Waals surface area contributed by atoms with E-state index in [0.717, 1.165) is 24.7 Å². The first kappa shape index (κ1) is 10.5. The summed E-state index contributed by atoms with van der Waals surface area (Å²) in [6.45, 7) is 4.51. The normalized spacial score (nSPS) is 31.3. The third-order valence-electron chi connectivity index (χ3n) is 3.34. The highest BCUT2D eigenvalue weighted by Gasteiger charge is 2.27. The number of aliphatic hydroxyl groups excluding tert-OH is 1. The van der Waals surface area contributed by atoms with Crippen LogP contribution in [-0.4, -0.2) is 11.2 Å². The predicted octanol–water partition coefficient (Wildman–Crippen LogP) is 2.33. The van der Waals surface area contributed by atoms with Gasteiger partial charge in [-0.15, -0.1) is 0 Å². The molecular weight excluding hydrogens is 162 g/mol. The Balaban J connectivity index is 2.35. The quantitative estimate of drug-likeness (QED) is 0.664. The van der Waals surface area contributed by atoms with Crippen molar-refractivity contribution in [2.75, 3.05) is 0 Å². The topological polar surface area (TPSA) is 44.0 Å². The number of nitrogens with zero attached hydrogens (tertiary/aromatic N) is 1. The Morgan fingerprint density at radius 1 is 1.15 bits per heavy atom. The van der Waals surface area contributed by atoms with E-state index in [0.29, 0.717) is 0 Å². The summed E-state index contributed by atoms with van der Waals surface area (Å²) in [7, 11) is 0. The smallest absolute Gasteiger partial charge is 0.143 e. The SMILES string of the molecule is CC(C)C1CCC(C(O)C#N)CC1. The largest absolute Gasteiger partial charge is 0.378 e. The third-order valence-corrected chi connectivity index (χ3v) is 3.34. The molecule has 0 heterocycles. The molecule has 13 heavy (non-hydrogen) atoms. The van der Waals surface area contributed by atoms with Crippen LogP contribution in [0.1, 0.15) is 39.5 Å². The van der Waals surface area contributed by atoms with Crippen LogP contribution in [0.2, 0.25) is 0 Å². The van der Waals surface area contributed by atoms with E-state index < -0.39 is 6.10 Å². The van der Waals surface area contributed by atoms with Gasteiger partial charge in [-0.1, -0.05) is 13.8 Å². The van der Waals surface area contributed by atoms with E-state index in [9.17, 15) is 5.11 Å². The minimum absolute atomic E-state index is 0.236. The summed E-state index contributed by atoms with van der Waals surface area (Å²) in [5.41, 5.74) is 0. The standard InChI is InChI=1S/C11H19NO/c1-8(2)9-3-5-10(6-4-9)11(13)7-12/h8-11,13H,3-6H2,1-2H3. The molecule has 0 aromatic heterocycles. The fraction of sp³-hybridized carbons (Fsp3) is 0.909. The first-order valence-corrected chi connectivity index (χ1v) is 5.22. The molecule has 1 N–H and O–H groups in total. The zero-order chi connectivity index (χ0) is 9.84. The van der Waals surface area contributed by atoms with Gasteiger partial charge in [0.05, 0.1) is 6.07 Å². The van der Waals surface area contributed by atoms with Gasteiger partial charge in [0, 0.05) is 0 Å². The van der Waals surface area contributed by atoms with E-state index in [-0.39, 0.29) is 5.92 Å². The fourth-order valence-electron chi connectivity index (χ4n) is 2.23. The molecule has 1 atom stereocenters. The average molecular weight is 181 g/mol. The van der Waals surface area contributed by atoms with Crippen LogP contribution in [-0.2, 0) is 0 Å². The summed E-state index contributed by atoms with van der Waals surface area (Å²) in [5, 5.41) is 17.9. The lowest BCUT2D eigenvalue weighted by Gasteiger charge is -2.31. The number of rotatable bonds is 2. The molecule has 1 fully saturated rings. The Labute approximate surface area is 80.6 Å². The maximum Gasteiger partial charge on any atom is 0.143 e. The molecular formula is C11H19NO. The molecule has 2 nitrogen and oxygen atoms in total. The molecule has 0 aliphatic heterocycles. The van der Waals surface area contributed by atoms with Crippen molar-refractivity contribution in [1.82, 2.24) is 0 Å². The van der Waals surface area contributed by atoms with Gasteiger partial charge in [0.25, 0.3) is 0 Å². The van der Waals surface area contributed by atoms with Crippen LogP contribution in [0.15, 0.2) is 0 Å². The van der Waals surface area contributed by atoms with E-state index in [1.165, 1.54) is 12.8 Å². The maximum atomic E-state index is 9.35. The molecule has 0 aromatic rings. The van der Waals surface area contributed by atoms with Crippen molar-refractivity contribution >= 4 is 0 Å². The lowest BCUT2D eigenvalue weighted by atomic mass is 9.75. The molecule has 0 bridgehead atoms. The highest BCUT2D eigenvalue weighted by atomic mass is 16.3. The molecule has 1 saturated carbocycles. The minimum Gasteiger partial charge on any atom is -0.378 e. The van der Waals surface area contributed by atoms with Crippen molar-refractivity contribution in [1.29, 1.82) is 5.26 Å². The van der Waals surface area contributed by atoms with Gasteiger partial charge in [-0.3, -0.25) is 0 Å². The average Bonchev–Trinajstić information content (AvgIpc) is 2.17. The van der Waals surface area contributed by atoms with Crippen LogP contribution in [0.4, 0.5) is 0 Å². The van der Waals surface area contributed by atoms with Crippen molar-refractivity contribution in [2.45, 2.75) is 45.6 Å². The summed E-state index contributed by atoms with van der Waals surface area (Å²) < 4.78 is 0. The van der Waals surface area contributed by atoms with Crippen molar-refractivity contribution in [3.8, 4) is 6.07 Å². The summed E-state index contributed by atoms with van der Waals surface area (Å²) in [6, 6.07) is 1.93. The second kappa shape index (κ2) is 4.62. The van der Waals surface area contributed by atoms with Crippen molar-refractivity contribution in [2.24, 2.45) is 17.8 Å². The highest BCUT2D eigenvalue weighted by molar-refractivity contribution is 4.90. The Kier molecular flexibility index (Phi) is 3.74. The third kappa shape index (κ3) is 2.70. The second-order valence-corrected chi connectivity index (χ2v) is 4.49. The zero-order valence-electron chi connectivity index (χ0n) is 8.53. The van der Waals surface area contributed by atoms with E-state index in [4.69, 9.17) is 5.26 Å². The first-order valence-electron chi connectivity index (χ1n) is 5.22. The molecule has 1 rings (SSSR count). The van der Waals surface area contributed by atoms with Gasteiger partial charge < -0.3 is 5.11 Å². The van der Waals surface area contributed by atoms with Gasteiger partial charge in [-0.25, -0.2) is 0 Å². The van der Waals surface area contributed by atoms with Crippen LogP contribution in [0, 0.1) is 29.1 Å². The highest BCUT2D eigenvalue weighted by Crippen LogP contribution is 2.34. The Morgan fingerprint density at radius 2 is 1.62 bits per heavy atom. The second-order valence-electron chi connectivity index (χ2n) is 4.49. The van der Waals surface area contributed by atoms with E-state index >= 15 is 0 Å². The van der Waals surface area contributed by atoms with Crippen LogP contribution in [0.5, 0.6) is 0 Å². The molecule has 0 aromatic carbocycles. The molecule has 0 radical (unpaired) electrons. The van der Waals surface area contributed by atoms with Gasteiger partial charge in [-0.05, 0) is 43.4 Å². The molecule has 1 aliphatic rings. The number of nitriles is 1. The van der Waals surface area contributed by atoms with Gasteiger partial charge >= 0.3 is 0 Å². The van der Waals surface area contributed by atoms with E-state index in [1.807, 2.05) is 6.07 Å². The summed E-state index contributed by atoms with van der Waals surface area (Å²) in [4.78, 5) is 0. The molecule has 0 saturated heterocycles. The number of hydrogen-bond acceptors (Lipinski definition) is 2. The van der Waals surface area contributed by atoms with Gasteiger partial charge in [0.2, 0.25) is 0 Å². The lowest BCUT2D eigenvalue weighted by Crippen LogP contribution is -2.26. The predicted molar refractivity (Wildman–Crippen MR) is 51.9 cm³/mol. The Morgan fingerprint density at radius 3 is 2.00 bits per heavy atom. The van der Waals surface area contributed by atoms with Gasteiger partial charge in [-0.2, -0.15) is 5.26 Å². The van der Waals surface area contributed by atoms with E-state index in [1.54, 1.807) is 0 Å². The molecule has 0 spiro atoms. The van der Waals surface area contributed by atoms with Crippen LogP contribution in [0.3, 0.4) is 0 Å². The molecule has 2 heteroatoms. The Bertz CT molecular complexity index is 187. The summed E-state index contributed by atoms with van der Waals surface area (Å²) in [6.07, 6.45) is 3.69.